The fourth-order valence-corrected chi connectivity index (χ4v) is 2.71. The molecule has 2 heterocycles. The van der Waals surface area contributed by atoms with Gasteiger partial charge >= 0.3 is 6.18 Å². The highest BCUT2D eigenvalue weighted by molar-refractivity contribution is 6.32. The van der Waals surface area contributed by atoms with Crippen molar-refractivity contribution in [2.45, 2.75) is 19.6 Å². The van der Waals surface area contributed by atoms with Gasteiger partial charge in [-0.1, -0.05) is 29.8 Å². The van der Waals surface area contributed by atoms with E-state index in [1.165, 1.54) is 0 Å². The molecule has 0 aliphatic rings. The van der Waals surface area contributed by atoms with E-state index in [0.717, 1.165) is 33.8 Å². The van der Waals surface area contributed by atoms with Crippen molar-refractivity contribution in [2.24, 2.45) is 0 Å². The highest BCUT2D eigenvalue weighted by Crippen LogP contribution is 2.29. The Labute approximate surface area is 140 Å². The summed E-state index contributed by atoms with van der Waals surface area (Å²) in [5.74, 6) is 0. The summed E-state index contributed by atoms with van der Waals surface area (Å²) in [6, 6.07) is 8.97. The van der Waals surface area contributed by atoms with Crippen LogP contribution in [-0.4, -0.2) is 9.55 Å². The van der Waals surface area contributed by atoms with E-state index >= 15 is 0 Å². The molecule has 0 bridgehead atoms. The van der Waals surface area contributed by atoms with E-state index in [0.29, 0.717) is 16.2 Å². The molecular formula is C17H12ClF3N2O. The van der Waals surface area contributed by atoms with E-state index in [1.54, 1.807) is 6.07 Å². The Hall–Kier alpha value is -2.34. The first-order valence-corrected chi connectivity index (χ1v) is 7.46. The van der Waals surface area contributed by atoms with Gasteiger partial charge in [0, 0.05) is 17.6 Å². The molecule has 3 rings (SSSR count). The minimum atomic E-state index is -4.52. The average Bonchev–Trinajstić information content (AvgIpc) is 2.53. The predicted molar refractivity (Wildman–Crippen MR) is 86.3 cm³/mol. The average molecular weight is 353 g/mol. The molecular weight excluding hydrogens is 341 g/mol. The highest BCUT2D eigenvalue weighted by Gasteiger charge is 2.31. The fraction of sp³-hybridized carbons (Fsp3) is 0.176. The SMILES string of the molecule is Cc1c(Cl)c(Cn2cc(C(F)(F)F)ccc2=O)nc2ccccc12. The van der Waals surface area contributed by atoms with Crippen molar-refractivity contribution in [2.75, 3.05) is 0 Å². The first kappa shape index (κ1) is 16.5. The van der Waals surface area contributed by atoms with Gasteiger partial charge in [-0.3, -0.25) is 4.79 Å². The molecule has 7 heteroatoms. The van der Waals surface area contributed by atoms with E-state index in [9.17, 15) is 18.0 Å². The number of rotatable bonds is 2. The second-order valence-corrected chi connectivity index (χ2v) is 5.77. The van der Waals surface area contributed by atoms with Crippen LogP contribution in [0.15, 0.2) is 47.4 Å². The number of hydrogen-bond donors (Lipinski definition) is 0. The van der Waals surface area contributed by atoms with Gasteiger partial charge in [-0.05, 0) is 24.6 Å². The first-order valence-electron chi connectivity index (χ1n) is 7.09. The third kappa shape index (κ3) is 3.01. The second kappa shape index (κ2) is 5.94. The van der Waals surface area contributed by atoms with E-state index in [-0.39, 0.29) is 6.54 Å². The van der Waals surface area contributed by atoms with Crippen molar-refractivity contribution < 1.29 is 13.2 Å². The van der Waals surface area contributed by atoms with E-state index < -0.39 is 17.3 Å². The maximum atomic E-state index is 12.8. The number of halogens is 4. The van der Waals surface area contributed by atoms with Crippen LogP contribution in [0.1, 0.15) is 16.8 Å². The van der Waals surface area contributed by atoms with Crippen LogP contribution >= 0.6 is 11.6 Å². The number of hydrogen-bond acceptors (Lipinski definition) is 2. The van der Waals surface area contributed by atoms with Crippen LogP contribution in [0.25, 0.3) is 10.9 Å². The molecule has 3 aromatic rings. The van der Waals surface area contributed by atoms with E-state index in [1.807, 2.05) is 25.1 Å². The zero-order valence-corrected chi connectivity index (χ0v) is 13.3. The Balaban J connectivity index is 2.11. The third-order valence-electron chi connectivity index (χ3n) is 3.78. The van der Waals surface area contributed by atoms with Gasteiger partial charge in [0.1, 0.15) is 0 Å². The maximum absolute atomic E-state index is 12.8. The van der Waals surface area contributed by atoms with Crippen LogP contribution in [0.5, 0.6) is 0 Å². The predicted octanol–water partition coefficient (Wildman–Crippen LogP) is 4.43. The largest absolute Gasteiger partial charge is 0.417 e. The van der Waals surface area contributed by atoms with Gasteiger partial charge in [0.15, 0.2) is 0 Å². The number of fused-ring (bicyclic) bond motifs is 1. The minimum absolute atomic E-state index is 0.132. The molecule has 24 heavy (non-hydrogen) atoms. The zero-order chi connectivity index (χ0) is 17.5. The Morgan fingerprint density at radius 2 is 1.88 bits per heavy atom. The molecule has 0 radical (unpaired) electrons. The lowest BCUT2D eigenvalue weighted by Gasteiger charge is -2.13. The smallest absolute Gasteiger partial charge is 0.309 e. The van der Waals surface area contributed by atoms with Crippen LogP contribution in [0.4, 0.5) is 13.2 Å². The topological polar surface area (TPSA) is 34.9 Å². The van der Waals surface area contributed by atoms with Crippen molar-refractivity contribution >= 4 is 22.5 Å². The van der Waals surface area contributed by atoms with Gasteiger partial charge in [0.25, 0.3) is 5.56 Å². The summed E-state index contributed by atoms with van der Waals surface area (Å²) in [7, 11) is 0. The zero-order valence-electron chi connectivity index (χ0n) is 12.6. The normalized spacial score (nSPS) is 11.9. The van der Waals surface area contributed by atoms with Gasteiger partial charge in [-0.2, -0.15) is 13.2 Å². The molecule has 0 unspecified atom stereocenters. The van der Waals surface area contributed by atoms with Gasteiger partial charge < -0.3 is 4.57 Å². The summed E-state index contributed by atoms with van der Waals surface area (Å²) < 4.78 is 39.5. The Morgan fingerprint density at radius 1 is 1.17 bits per heavy atom. The first-order chi connectivity index (χ1) is 11.3. The van der Waals surface area contributed by atoms with Crippen LogP contribution in [0.3, 0.4) is 0 Å². The lowest BCUT2D eigenvalue weighted by atomic mass is 10.1. The number of para-hydroxylation sites is 1. The van der Waals surface area contributed by atoms with Crippen molar-refractivity contribution in [3.8, 4) is 0 Å². The van der Waals surface area contributed by atoms with Crippen LogP contribution in [-0.2, 0) is 12.7 Å². The quantitative estimate of drug-likeness (QED) is 0.684. The molecule has 0 N–H and O–H groups in total. The fourth-order valence-electron chi connectivity index (χ4n) is 2.51. The Morgan fingerprint density at radius 3 is 2.58 bits per heavy atom. The standard InChI is InChI=1S/C17H12ClF3N2O/c1-10-12-4-2-3-5-13(12)22-14(16(10)18)9-23-8-11(17(19,20)21)6-7-15(23)24/h2-8H,9H2,1H3. The van der Waals surface area contributed by atoms with Crippen LogP contribution in [0, 0.1) is 6.92 Å². The van der Waals surface area contributed by atoms with E-state index in [4.69, 9.17) is 11.6 Å². The van der Waals surface area contributed by atoms with Gasteiger partial charge in [0.2, 0.25) is 0 Å². The Bertz CT molecular complexity index is 980. The highest BCUT2D eigenvalue weighted by atomic mass is 35.5. The summed E-state index contributed by atoms with van der Waals surface area (Å²) in [5.41, 5.74) is 0.364. The minimum Gasteiger partial charge on any atom is -0.309 e. The second-order valence-electron chi connectivity index (χ2n) is 5.40. The molecule has 0 saturated heterocycles. The number of aromatic nitrogens is 2. The molecule has 1 aromatic carbocycles. The van der Waals surface area contributed by atoms with Crippen molar-refractivity contribution in [1.29, 1.82) is 0 Å². The molecule has 0 atom stereocenters. The molecule has 0 fully saturated rings. The van der Waals surface area contributed by atoms with Gasteiger partial charge in [0.05, 0.1) is 28.3 Å². The summed E-state index contributed by atoms with van der Waals surface area (Å²) in [6.07, 6.45) is -3.74. The third-order valence-corrected chi connectivity index (χ3v) is 4.28. The van der Waals surface area contributed by atoms with Crippen LogP contribution in [0.2, 0.25) is 5.02 Å². The summed E-state index contributed by atoms with van der Waals surface area (Å²) in [5, 5.41) is 1.21. The Kier molecular flexibility index (Phi) is 4.09. The number of aryl methyl sites for hydroxylation is 1. The van der Waals surface area contributed by atoms with Crippen molar-refractivity contribution in [1.82, 2.24) is 9.55 Å². The summed E-state index contributed by atoms with van der Waals surface area (Å²) in [6.45, 7) is 1.68. The van der Waals surface area contributed by atoms with Crippen molar-refractivity contribution in [3.05, 3.63) is 74.8 Å². The van der Waals surface area contributed by atoms with Crippen LogP contribution < -0.4 is 5.56 Å². The summed E-state index contributed by atoms with van der Waals surface area (Å²) >= 11 is 6.30. The van der Waals surface area contributed by atoms with E-state index in [2.05, 4.69) is 4.98 Å². The number of pyridine rings is 2. The molecule has 3 nitrogen and oxygen atoms in total. The number of nitrogens with zero attached hydrogens (tertiary/aromatic N) is 2. The maximum Gasteiger partial charge on any atom is 0.417 e. The number of benzene rings is 1. The van der Waals surface area contributed by atoms with Gasteiger partial charge in [-0.25, -0.2) is 4.98 Å². The molecule has 0 saturated carbocycles. The van der Waals surface area contributed by atoms with Gasteiger partial charge in [-0.15, -0.1) is 0 Å². The molecule has 0 aliphatic heterocycles. The number of alkyl halides is 3. The molecule has 0 aliphatic carbocycles. The lowest BCUT2D eigenvalue weighted by molar-refractivity contribution is -0.138. The monoisotopic (exact) mass is 352 g/mol. The van der Waals surface area contributed by atoms with Crippen molar-refractivity contribution in [3.63, 3.8) is 0 Å². The molecule has 0 spiro atoms. The molecule has 0 amide bonds. The lowest BCUT2D eigenvalue weighted by Crippen LogP contribution is -2.22. The summed E-state index contributed by atoms with van der Waals surface area (Å²) in [4.78, 5) is 16.3. The molecule has 2 aromatic heterocycles. The molecule has 124 valence electrons.